The van der Waals surface area contributed by atoms with Crippen LogP contribution in [0.25, 0.3) is 0 Å². The second-order valence-electron chi connectivity index (χ2n) is 3.33. The van der Waals surface area contributed by atoms with E-state index in [0.29, 0.717) is 0 Å². The summed E-state index contributed by atoms with van der Waals surface area (Å²) in [7, 11) is 0. The third-order valence-corrected chi connectivity index (χ3v) is 1.59. The quantitative estimate of drug-likeness (QED) is 0.526. The Morgan fingerprint density at radius 1 is 1.46 bits per heavy atom. The zero-order chi connectivity index (χ0) is 9.84. The number of furan rings is 1. The number of Topliss-reactive ketones (excluding diaryl/α,β-unsaturated/α-hetero) is 2. The Hall–Kier alpha value is -1.38. The van der Waals surface area contributed by atoms with Crippen molar-refractivity contribution < 1.29 is 14.0 Å². The van der Waals surface area contributed by atoms with Crippen LogP contribution in [0.15, 0.2) is 22.8 Å². The highest BCUT2D eigenvalue weighted by atomic mass is 16.3. The van der Waals surface area contributed by atoms with E-state index in [1.807, 2.05) is 13.8 Å². The Morgan fingerprint density at radius 2 is 2.15 bits per heavy atom. The van der Waals surface area contributed by atoms with Crippen LogP contribution < -0.4 is 0 Å². The van der Waals surface area contributed by atoms with Crippen LogP contribution in [0, 0.1) is 5.92 Å². The predicted molar refractivity (Wildman–Crippen MR) is 47.5 cm³/mol. The molecule has 0 bridgehead atoms. The average molecular weight is 180 g/mol. The molecule has 0 atom stereocenters. The van der Waals surface area contributed by atoms with E-state index >= 15 is 0 Å². The van der Waals surface area contributed by atoms with E-state index < -0.39 is 5.78 Å². The molecule has 70 valence electrons. The van der Waals surface area contributed by atoms with E-state index in [9.17, 15) is 9.59 Å². The van der Waals surface area contributed by atoms with Gasteiger partial charge in [-0.1, -0.05) is 13.8 Å². The van der Waals surface area contributed by atoms with E-state index in [4.69, 9.17) is 4.42 Å². The van der Waals surface area contributed by atoms with E-state index in [2.05, 4.69) is 0 Å². The zero-order valence-corrected chi connectivity index (χ0v) is 7.74. The summed E-state index contributed by atoms with van der Waals surface area (Å²) in [5, 5.41) is 0. The molecule has 1 heterocycles. The summed E-state index contributed by atoms with van der Waals surface area (Å²) >= 11 is 0. The second kappa shape index (κ2) is 4.03. The maximum absolute atomic E-state index is 11.3. The molecule has 0 saturated carbocycles. The molecule has 0 aliphatic heterocycles. The van der Waals surface area contributed by atoms with Crippen LogP contribution in [0.4, 0.5) is 0 Å². The van der Waals surface area contributed by atoms with E-state index in [0.717, 1.165) is 0 Å². The van der Waals surface area contributed by atoms with Crippen molar-refractivity contribution in [2.45, 2.75) is 20.3 Å². The lowest BCUT2D eigenvalue weighted by Gasteiger charge is -2.00. The molecule has 1 aromatic rings. The molecule has 0 radical (unpaired) electrons. The lowest BCUT2D eigenvalue weighted by Crippen LogP contribution is -2.15. The highest BCUT2D eigenvalue weighted by Gasteiger charge is 2.19. The Morgan fingerprint density at radius 3 is 2.62 bits per heavy atom. The van der Waals surface area contributed by atoms with Gasteiger partial charge in [0.1, 0.15) is 0 Å². The lowest BCUT2D eigenvalue weighted by molar-refractivity contribution is -0.115. The van der Waals surface area contributed by atoms with Gasteiger partial charge in [0.25, 0.3) is 5.78 Å². The molecule has 0 aliphatic carbocycles. The first-order valence-corrected chi connectivity index (χ1v) is 4.22. The van der Waals surface area contributed by atoms with Crippen molar-refractivity contribution in [2.24, 2.45) is 5.92 Å². The fourth-order valence-electron chi connectivity index (χ4n) is 1.01. The van der Waals surface area contributed by atoms with Gasteiger partial charge in [0, 0.05) is 6.42 Å². The maximum atomic E-state index is 11.3. The van der Waals surface area contributed by atoms with E-state index in [1.165, 1.54) is 12.3 Å². The summed E-state index contributed by atoms with van der Waals surface area (Å²) in [4.78, 5) is 22.5. The number of carbonyl (C=O) groups is 2. The lowest BCUT2D eigenvalue weighted by atomic mass is 10.0. The highest BCUT2D eigenvalue weighted by Crippen LogP contribution is 2.07. The van der Waals surface area contributed by atoms with Gasteiger partial charge in [0.05, 0.1) is 6.26 Å². The van der Waals surface area contributed by atoms with Crippen molar-refractivity contribution in [3.8, 4) is 0 Å². The highest BCUT2D eigenvalue weighted by molar-refractivity contribution is 6.42. The average Bonchev–Trinajstić information content (AvgIpc) is 2.53. The van der Waals surface area contributed by atoms with Gasteiger partial charge < -0.3 is 4.42 Å². The summed E-state index contributed by atoms with van der Waals surface area (Å²) in [6, 6.07) is 3.09. The van der Waals surface area contributed by atoms with Crippen LogP contribution in [-0.4, -0.2) is 11.6 Å². The van der Waals surface area contributed by atoms with E-state index in [1.54, 1.807) is 6.07 Å². The Kier molecular flexibility index (Phi) is 3.01. The summed E-state index contributed by atoms with van der Waals surface area (Å²) in [6.07, 6.45) is 1.66. The molecule has 0 amide bonds. The van der Waals surface area contributed by atoms with Gasteiger partial charge in [-0.25, -0.2) is 0 Å². The standard InChI is InChI=1S/C10H12O3/c1-7(2)6-8(11)10(12)9-4-3-5-13-9/h3-5,7H,6H2,1-2H3. The van der Waals surface area contributed by atoms with Gasteiger partial charge in [-0.05, 0) is 18.1 Å². The van der Waals surface area contributed by atoms with Crippen LogP contribution in [0.3, 0.4) is 0 Å². The first-order chi connectivity index (χ1) is 6.11. The largest absolute Gasteiger partial charge is 0.461 e. The second-order valence-corrected chi connectivity index (χ2v) is 3.33. The van der Waals surface area contributed by atoms with Gasteiger partial charge in [-0.15, -0.1) is 0 Å². The number of hydrogen-bond donors (Lipinski definition) is 0. The summed E-state index contributed by atoms with van der Waals surface area (Å²) < 4.78 is 4.83. The molecule has 3 heteroatoms. The number of hydrogen-bond acceptors (Lipinski definition) is 3. The maximum Gasteiger partial charge on any atom is 0.263 e. The first-order valence-electron chi connectivity index (χ1n) is 4.22. The topological polar surface area (TPSA) is 47.3 Å². The molecule has 13 heavy (non-hydrogen) atoms. The molecule has 0 unspecified atom stereocenters. The molecule has 1 rings (SSSR count). The molecule has 0 aromatic carbocycles. The third-order valence-electron chi connectivity index (χ3n) is 1.59. The minimum atomic E-state index is -0.529. The van der Waals surface area contributed by atoms with Crippen LogP contribution in [0.1, 0.15) is 30.8 Å². The van der Waals surface area contributed by atoms with Gasteiger partial charge >= 0.3 is 0 Å². The van der Waals surface area contributed by atoms with Crippen molar-refractivity contribution in [1.29, 1.82) is 0 Å². The summed E-state index contributed by atoms with van der Waals surface area (Å²) in [5.74, 6) is -0.583. The Bertz CT molecular complexity index is 296. The normalized spacial score (nSPS) is 10.4. The van der Waals surface area contributed by atoms with Crippen LogP contribution >= 0.6 is 0 Å². The zero-order valence-electron chi connectivity index (χ0n) is 7.74. The van der Waals surface area contributed by atoms with Crippen molar-refractivity contribution in [3.63, 3.8) is 0 Å². The van der Waals surface area contributed by atoms with Crippen molar-refractivity contribution in [2.75, 3.05) is 0 Å². The summed E-state index contributed by atoms with van der Waals surface area (Å²) in [6.45, 7) is 3.79. The fraction of sp³-hybridized carbons (Fsp3) is 0.400. The molecule has 0 N–H and O–H groups in total. The number of carbonyl (C=O) groups excluding carboxylic acids is 2. The predicted octanol–water partition coefficient (Wildman–Crippen LogP) is 2.08. The molecule has 0 aliphatic rings. The van der Waals surface area contributed by atoms with Gasteiger partial charge in [0.2, 0.25) is 5.78 Å². The first kappa shape index (κ1) is 9.71. The Labute approximate surface area is 76.7 Å². The molecular formula is C10H12O3. The minimum Gasteiger partial charge on any atom is -0.461 e. The monoisotopic (exact) mass is 180 g/mol. The molecule has 3 nitrogen and oxygen atoms in total. The fourth-order valence-corrected chi connectivity index (χ4v) is 1.01. The number of rotatable bonds is 4. The Balaban J connectivity index is 2.64. The smallest absolute Gasteiger partial charge is 0.263 e. The number of ketones is 2. The van der Waals surface area contributed by atoms with E-state index in [-0.39, 0.29) is 23.9 Å². The molecule has 1 aromatic heterocycles. The minimum absolute atomic E-state index is 0.130. The van der Waals surface area contributed by atoms with Gasteiger partial charge in [-0.3, -0.25) is 9.59 Å². The van der Waals surface area contributed by atoms with Gasteiger partial charge in [-0.2, -0.15) is 0 Å². The van der Waals surface area contributed by atoms with Gasteiger partial charge in [0.15, 0.2) is 5.76 Å². The molecule has 0 spiro atoms. The van der Waals surface area contributed by atoms with Crippen molar-refractivity contribution in [1.82, 2.24) is 0 Å². The molecule has 0 saturated heterocycles. The van der Waals surface area contributed by atoms with Crippen molar-refractivity contribution in [3.05, 3.63) is 24.2 Å². The van der Waals surface area contributed by atoms with Crippen LogP contribution in [0.5, 0.6) is 0 Å². The van der Waals surface area contributed by atoms with Crippen molar-refractivity contribution >= 4 is 11.6 Å². The summed E-state index contributed by atoms with van der Waals surface area (Å²) in [5.41, 5.74) is 0. The van der Waals surface area contributed by atoms with Crippen LogP contribution in [-0.2, 0) is 4.79 Å². The SMILES string of the molecule is CC(C)CC(=O)C(=O)c1ccco1. The molecular weight excluding hydrogens is 168 g/mol. The van der Waals surface area contributed by atoms with Crippen LogP contribution in [0.2, 0.25) is 0 Å². The third kappa shape index (κ3) is 2.54. The molecule has 0 fully saturated rings.